The number of aryl methyl sites for hydroxylation is 1. The van der Waals surface area contributed by atoms with Crippen LogP contribution in [0.4, 0.5) is 0 Å². The summed E-state index contributed by atoms with van der Waals surface area (Å²) in [5.74, 6) is -0.806. The van der Waals surface area contributed by atoms with E-state index < -0.39 is 12.0 Å². The summed E-state index contributed by atoms with van der Waals surface area (Å²) in [7, 11) is 0. The van der Waals surface area contributed by atoms with Crippen LogP contribution in [-0.2, 0) is 9.53 Å². The Bertz CT molecular complexity index is 612. The molecule has 1 aromatic heterocycles. The van der Waals surface area contributed by atoms with Crippen molar-refractivity contribution in [2.75, 3.05) is 13.2 Å². The Hall–Kier alpha value is -1.82. The standard InChI is InChI=1S/C17H24N2O4/c1-10-7-14(11(2)19(10)13-5-6-23-9-13)16(20)18-15(17(21)22)8-12-3-4-12/h7,12-13,15H,3-6,8-9H2,1-2H3,(H,18,20)(H,21,22). The van der Waals surface area contributed by atoms with E-state index in [0.717, 1.165) is 37.3 Å². The monoisotopic (exact) mass is 320 g/mol. The lowest BCUT2D eigenvalue weighted by Crippen LogP contribution is -2.41. The average Bonchev–Trinajstić information content (AvgIpc) is 3.05. The number of hydrogen-bond acceptors (Lipinski definition) is 3. The van der Waals surface area contributed by atoms with Gasteiger partial charge in [-0.15, -0.1) is 0 Å². The Morgan fingerprint density at radius 3 is 2.70 bits per heavy atom. The molecule has 6 heteroatoms. The Morgan fingerprint density at radius 2 is 2.13 bits per heavy atom. The lowest BCUT2D eigenvalue weighted by atomic mass is 10.1. The maximum atomic E-state index is 12.5. The van der Waals surface area contributed by atoms with E-state index in [1.54, 1.807) is 0 Å². The lowest BCUT2D eigenvalue weighted by Gasteiger charge is -2.17. The Labute approximate surface area is 135 Å². The van der Waals surface area contributed by atoms with E-state index in [1.807, 2.05) is 19.9 Å². The maximum Gasteiger partial charge on any atom is 0.326 e. The highest BCUT2D eigenvalue weighted by atomic mass is 16.5. The number of ether oxygens (including phenoxy) is 1. The SMILES string of the molecule is Cc1cc(C(=O)NC(CC2CC2)C(=O)O)c(C)n1C1CCOC1. The van der Waals surface area contributed by atoms with Crippen molar-refractivity contribution >= 4 is 11.9 Å². The number of carboxylic acids is 1. The fourth-order valence-corrected chi connectivity index (χ4v) is 3.44. The first-order valence-corrected chi connectivity index (χ1v) is 8.27. The normalized spacial score (nSPS) is 22.1. The Morgan fingerprint density at radius 1 is 1.39 bits per heavy atom. The van der Waals surface area contributed by atoms with Crippen molar-refractivity contribution in [3.05, 3.63) is 23.0 Å². The van der Waals surface area contributed by atoms with Gasteiger partial charge in [-0.05, 0) is 38.7 Å². The van der Waals surface area contributed by atoms with Gasteiger partial charge < -0.3 is 19.7 Å². The Balaban J connectivity index is 1.76. The zero-order valence-corrected chi connectivity index (χ0v) is 13.7. The molecule has 0 radical (unpaired) electrons. The second kappa shape index (κ2) is 6.35. The molecule has 126 valence electrons. The van der Waals surface area contributed by atoms with Gasteiger partial charge in [-0.3, -0.25) is 4.79 Å². The second-order valence-electron chi connectivity index (χ2n) is 6.72. The predicted octanol–water partition coefficient (Wildman–Crippen LogP) is 2.05. The molecule has 2 fully saturated rings. The van der Waals surface area contributed by atoms with Gasteiger partial charge >= 0.3 is 5.97 Å². The van der Waals surface area contributed by atoms with Crippen molar-refractivity contribution < 1.29 is 19.4 Å². The molecule has 2 N–H and O–H groups in total. The van der Waals surface area contributed by atoms with Crippen LogP contribution < -0.4 is 5.32 Å². The van der Waals surface area contributed by atoms with E-state index in [9.17, 15) is 14.7 Å². The number of nitrogens with one attached hydrogen (secondary N) is 1. The largest absolute Gasteiger partial charge is 0.480 e. The zero-order valence-electron chi connectivity index (χ0n) is 13.7. The van der Waals surface area contributed by atoms with E-state index >= 15 is 0 Å². The molecule has 0 spiro atoms. The van der Waals surface area contributed by atoms with E-state index in [1.165, 1.54) is 0 Å². The minimum Gasteiger partial charge on any atom is -0.480 e. The number of aliphatic carboxylic acids is 1. The van der Waals surface area contributed by atoms with Crippen LogP contribution in [0.3, 0.4) is 0 Å². The molecule has 1 saturated heterocycles. The first-order chi connectivity index (χ1) is 11.0. The molecule has 2 unspecified atom stereocenters. The molecule has 2 atom stereocenters. The molecule has 2 aliphatic rings. The number of aromatic nitrogens is 1. The van der Waals surface area contributed by atoms with Crippen molar-refractivity contribution in [1.29, 1.82) is 0 Å². The molecule has 3 rings (SSSR count). The molecule has 1 aliphatic heterocycles. The third-order valence-electron chi connectivity index (χ3n) is 4.87. The minimum atomic E-state index is -0.955. The van der Waals surface area contributed by atoms with Gasteiger partial charge in [0.15, 0.2) is 0 Å². The van der Waals surface area contributed by atoms with Crippen LogP contribution in [0.25, 0.3) is 0 Å². The second-order valence-corrected chi connectivity index (χ2v) is 6.72. The molecular weight excluding hydrogens is 296 g/mol. The third kappa shape index (κ3) is 3.42. The van der Waals surface area contributed by atoms with Crippen molar-refractivity contribution in [2.24, 2.45) is 5.92 Å². The smallest absolute Gasteiger partial charge is 0.326 e. The van der Waals surface area contributed by atoms with E-state index in [2.05, 4.69) is 9.88 Å². The molecule has 0 aromatic carbocycles. The number of carboxylic acid groups (broad SMARTS) is 1. The molecular formula is C17H24N2O4. The fraction of sp³-hybridized carbons (Fsp3) is 0.647. The summed E-state index contributed by atoms with van der Waals surface area (Å²) in [5, 5.41) is 12.0. The summed E-state index contributed by atoms with van der Waals surface area (Å²) in [6.07, 6.45) is 3.60. The predicted molar refractivity (Wildman–Crippen MR) is 84.6 cm³/mol. The lowest BCUT2D eigenvalue weighted by molar-refractivity contribution is -0.139. The van der Waals surface area contributed by atoms with Gasteiger partial charge in [-0.25, -0.2) is 4.79 Å². The maximum absolute atomic E-state index is 12.5. The summed E-state index contributed by atoms with van der Waals surface area (Å²) in [6.45, 7) is 5.29. The van der Waals surface area contributed by atoms with Gasteiger partial charge in [0.25, 0.3) is 5.91 Å². The van der Waals surface area contributed by atoms with Crippen LogP contribution in [-0.4, -0.2) is 40.8 Å². The average molecular weight is 320 g/mol. The molecule has 1 aliphatic carbocycles. The van der Waals surface area contributed by atoms with Crippen LogP contribution in [0, 0.1) is 19.8 Å². The number of rotatable bonds is 6. The van der Waals surface area contributed by atoms with Gasteiger partial charge in [-0.2, -0.15) is 0 Å². The quantitative estimate of drug-likeness (QED) is 0.840. The number of carbonyl (C=O) groups excluding carboxylic acids is 1. The van der Waals surface area contributed by atoms with Gasteiger partial charge in [0.05, 0.1) is 18.2 Å². The summed E-state index contributed by atoms with van der Waals surface area (Å²) >= 11 is 0. The molecule has 2 heterocycles. The van der Waals surface area contributed by atoms with Gasteiger partial charge in [-0.1, -0.05) is 12.8 Å². The Kier molecular flexibility index (Phi) is 4.43. The van der Waals surface area contributed by atoms with Gasteiger partial charge in [0, 0.05) is 18.0 Å². The van der Waals surface area contributed by atoms with Crippen LogP contribution >= 0.6 is 0 Å². The van der Waals surface area contributed by atoms with E-state index in [-0.39, 0.29) is 11.9 Å². The van der Waals surface area contributed by atoms with Gasteiger partial charge in [0.1, 0.15) is 6.04 Å². The number of carbonyl (C=O) groups is 2. The van der Waals surface area contributed by atoms with Crippen LogP contribution in [0.1, 0.15) is 53.5 Å². The van der Waals surface area contributed by atoms with E-state index in [4.69, 9.17) is 4.74 Å². The highest BCUT2D eigenvalue weighted by Crippen LogP contribution is 2.33. The molecule has 6 nitrogen and oxygen atoms in total. The number of hydrogen-bond donors (Lipinski definition) is 2. The number of amides is 1. The zero-order chi connectivity index (χ0) is 16.6. The fourth-order valence-electron chi connectivity index (χ4n) is 3.44. The van der Waals surface area contributed by atoms with Crippen molar-refractivity contribution in [3.63, 3.8) is 0 Å². The van der Waals surface area contributed by atoms with Crippen molar-refractivity contribution in [2.45, 2.75) is 51.6 Å². The van der Waals surface area contributed by atoms with Crippen LogP contribution in [0.5, 0.6) is 0 Å². The summed E-state index contributed by atoms with van der Waals surface area (Å²) in [6, 6.07) is 1.31. The van der Waals surface area contributed by atoms with Crippen LogP contribution in [0.15, 0.2) is 6.07 Å². The van der Waals surface area contributed by atoms with Crippen molar-refractivity contribution in [3.8, 4) is 0 Å². The third-order valence-corrected chi connectivity index (χ3v) is 4.87. The summed E-state index contributed by atoms with van der Waals surface area (Å²) in [4.78, 5) is 23.9. The minimum absolute atomic E-state index is 0.262. The number of nitrogens with zero attached hydrogens (tertiary/aromatic N) is 1. The van der Waals surface area contributed by atoms with E-state index in [0.29, 0.717) is 24.5 Å². The molecule has 0 bridgehead atoms. The molecule has 1 saturated carbocycles. The van der Waals surface area contributed by atoms with Gasteiger partial charge in [0.2, 0.25) is 0 Å². The first-order valence-electron chi connectivity index (χ1n) is 8.27. The topological polar surface area (TPSA) is 80.6 Å². The molecule has 1 amide bonds. The summed E-state index contributed by atoms with van der Waals surface area (Å²) in [5.41, 5.74) is 2.46. The highest BCUT2D eigenvalue weighted by Gasteiger charge is 2.31. The summed E-state index contributed by atoms with van der Waals surface area (Å²) < 4.78 is 7.58. The van der Waals surface area contributed by atoms with Crippen LogP contribution in [0.2, 0.25) is 0 Å². The molecule has 1 aromatic rings. The highest BCUT2D eigenvalue weighted by molar-refractivity contribution is 5.97. The van der Waals surface area contributed by atoms with Crippen molar-refractivity contribution in [1.82, 2.24) is 9.88 Å². The first kappa shape index (κ1) is 16.1. The molecule has 23 heavy (non-hydrogen) atoms.